The van der Waals surface area contributed by atoms with Crippen LogP contribution >= 0.6 is 11.6 Å². The fraction of sp³-hybridized carbons (Fsp3) is 0.440. The first-order valence-corrected chi connectivity index (χ1v) is 11.4. The molecule has 0 bridgehead atoms. The topological polar surface area (TPSA) is 61.4 Å². The third-order valence-electron chi connectivity index (χ3n) is 5.73. The normalized spacial score (nSPS) is 16.1. The lowest BCUT2D eigenvalue weighted by Gasteiger charge is -2.33. The fourth-order valence-electron chi connectivity index (χ4n) is 3.92. The van der Waals surface area contributed by atoms with Gasteiger partial charge in [0.15, 0.2) is 0 Å². The number of carbonyl (C=O) groups is 2. The number of carbonyl (C=O) groups excluding carboxylic acids is 2. The van der Waals surface area contributed by atoms with Gasteiger partial charge in [0.25, 0.3) is 0 Å². The maximum Gasteiger partial charge on any atom is 0.243 e. The average molecular weight is 442 g/mol. The second-order valence-electron chi connectivity index (χ2n) is 8.64. The van der Waals surface area contributed by atoms with E-state index < -0.39 is 6.04 Å². The van der Waals surface area contributed by atoms with Crippen LogP contribution < -0.4 is 10.6 Å². The molecule has 1 aliphatic heterocycles. The van der Waals surface area contributed by atoms with E-state index in [1.807, 2.05) is 56.3 Å². The number of hydrogen-bond donors (Lipinski definition) is 2. The van der Waals surface area contributed by atoms with Crippen molar-refractivity contribution in [1.29, 1.82) is 0 Å². The zero-order valence-corrected chi connectivity index (χ0v) is 19.1. The molecule has 2 aromatic rings. The number of amides is 2. The van der Waals surface area contributed by atoms with Gasteiger partial charge in [-0.25, -0.2) is 0 Å². The van der Waals surface area contributed by atoms with Crippen molar-refractivity contribution in [2.24, 2.45) is 5.92 Å². The molecule has 1 saturated heterocycles. The van der Waals surface area contributed by atoms with E-state index in [1.54, 1.807) is 0 Å². The highest BCUT2D eigenvalue weighted by Gasteiger charge is 2.28. The maximum absolute atomic E-state index is 12.9. The van der Waals surface area contributed by atoms with E-state index in [-0.39, 0.29) is 30.2 Å². The first kappa shape index (κ1) is 23.3. The monoisotopic (exact) mass is 441 g/mol. The van der Waals surface area contributed by atoms with Crippen molar-refractivity contribution in [2.45, 2.75) is 51.7 Å². The molecule has 2 aromatic carbocycles. The van der Waals surface area contributed by atoms with Gasteiger partial charge in [0.2, 0.25) is 11.8 Å². The molecule has 1 aliphatic rings. The van der Waals surface area contributed by atoms with Gasteiger partial charge in [0.05, 0.1) is 6.42 Å². The summed E-state index contributed by atoms with van der Waals surface area (Å²) in [4.78, 5) is 27.7. The van der Waals surface area contributed by atoms with Crippen molar-refractivity contribution in [3.05, 3.63) is 70.7 Å². The largest absolute Gasteiger partial charge is 0.351 e. The van der Waals surface area contributed by atoms with Crippen LogP contribution in [0, 0.1) is 5.92 Å². The summed E-state index contributed by atoms with van der Waals surface area (Å²) in [5, 5.41) is 6.84. The molecule has 2 N–H and O–H groups in total. The van der Waals surface area contributed by atoms with Gasteiger partial charge in [-0.1, -0.05) is 67.9 Å². The molecule has 0 radical (unpaired) electrons. The molecule has 1 fully saturated rings. The SMILES string of the molecule is CC(C)[C@H](NC(=O)Cc1ccccc1)C(=O)NC1CCN(Cc2ccc(Cl)cc2)CC1. The number of nitrogens with zero attached hydrogens (tertiary/aromatic N) is 1. The van der Waals surface area contributed by atoms with Crippen LogP contribution in [0.2, 0.25) is 5.02 Å². The molecule has 31 heavy (non-hydrogen) atoms. The number of halogens is 1. The molecule has 0 aromatic heterocycles. The predicted octanol–water partition coefficient (Wildman–Crippen LogP) is 3.80. The van der Waals surface area contributed by atoms with E-state index >= 15 is 0 Å². The number of nitrogens with one attached hydrogen (secondary N) is 2. The molecule has 3 rings (SSSR count). The van der Waals surface area contributed by atoms with Crippen LogP contribution in [0.1, 0.15) is 37.8 Å². The Kier molecular flexibility index (Phi) is 8.50. The number of rotatable bonds is 8. The predicted molar refractivity (Wildman–Crippen MR) is 125 cm³/mol. The number of likely N-dealkylation sites (tertiary alicyclic amines) is 1. The summed E-state index contributed by atoms with van der Waals surface area (Å²) in [6, 6.07) is 17.1. The second kappa shape index (κ2) is 11.3. The van der Waals surface area contributed by atoms with Crippen LogP contribution in [0.5, 0.6) is 0 Å². The van der Waals surface area contributed by atoms with Crippen molar-refractivity contribution in [3.63, 3.8) is 0 Å². The lowest BCUT2D eigenvalue weighted by molar-refractivity contribution is -0.130. The molecule has 0 spiro atoms. The van der Waals surface area contributed by atoms with Gasteiger partial charge in [-0.15, -0.1) is 0 Å². The van der Waals surface area contributed by atoms with Gasteiger partial charge < -0.3 is 10.6 Å². The average Bonchev–Trinajstić information content (AvgIpc) is 2.75. The minimum Gasteiger partial charge on any atom is -0.351 e. The Morgan fingerprint density at radius 1 is 1.00 bits per heavy atom. The lowest BCUT2D eigenvalue weighted by atomic mass is 10.00. The molecule has 0 saturated carbocycles. The highest BCUT2D eigenvalue weighted by atomic mass is 35.5. The first-order chi connectivity index (χ1) is 14.9. The summed E-state index contributed by atoms with van der Waals surface area (Å²) in [7, 11) is 0. The molecule has 1 atom stereocenters. The van der Waals surface area contributed by atoms with Crippen molar-refractivity contribution < 1.29 is 9.59 Å². The summed E-state index contributed by atoms with van der Waals surface area (Å²) >= 11 is 5.96. The van der Waals surface area contributed by atoms with Gasteiger partial charge in [-0.3, -0.25) is 14.5 Å². The Morgan fingerprint density at radius 3 is 2.26 bits per heavy atom. The molecule has 6 heteroatoms. The van der Waals surface area contributed by atoms with Gasteiger partial charge in [-0.05, 0) is 42.0 Å². The minimum absolute atomic E-state index is 0.0183. The fourth-order valence-corrected chi connectivity index (χ4v) is 4.04. The van der Waals surface area contributed by atoms with Crippen LogP contribution in [0.3, 0.4) is 0 Å². The minimum atomic E-state index is -0.525. The summed E-state index contributed by atoms with van der Waals surface area (Å²) in [5.41, 5.74) is 2.18. The Morgan fingerprint density at radius 2 is 1.65 bits per heavy atom. The molecule has 1 heterocycles. The summed E-state index contributed by atoms with van der Waals surface area (Å²) in [6.45, 7) is 6.67. The molecule has 0 aliphatic carbocycles. The standard InChI is InChI=1S/C25H32ClN3O2/c1-18(2)24(28-23(30)16-19-6-4-3-5-7-19)25(31)27-22-12-14-29(15-13-22)17-20-8-10-21(26)11-9-20/h3-11,18,22,24H,12-17H2,1-2H3,(H,27,31)(H,28,30)/t24-/m0/s1. The molecular formula is C25H32ClN3O2. The lowest BCUT2D eigenvalue weighted by Crippen LogP contribution is -2.54. The molecular weight excluding hydrogens is 410 g/mol. The molecule has 166 valence electrons. The molecule has 0 unspecified atom stereocenters. The van der Waals surface area contributed by atoms with Crippen LogP contribution in [0.4, 0.5) is 0 Å². The molecule has 2 amide bonds. The van der Waals surface area contributed by atoms with Crippen LogP contribution in [0.25, 0.3) is 0 Å². The van der Waals surface area contributed by atoms with E-state index in [9.17, 15) is 9.59 Å². The Balaban J connectivity index is 1.46. The highest BCUT2D eigenvalue weighted by Crippen LogP contribution is 2.16. The highest BCUT2D eigenvalue weighted by molar-refractivity contribution is 6.30. The van der Waals surface area contributed by atoms with E-state index in [4.69, 9.17) is 11.6 Å². The van der Waals surface area contributed by atoms with Crippen LogP contribution in [-0.2, 0) is 22.6 Å². The maximum atomic E-state index is 12.9. The van der Waals surface area contributed by atoms with Gasteiger partial charge in [0, 0.05) is 30.7 Å². The van der Waals surface area contributed by atoms with Crippen LogP contribution in [0.15, 0.2) is 54.6 Å². The Labute approximate surface area is 190 Å². The second-order valence-corrected chi connectivity index (χ2v) is 9.07. The number of benzene rings is 2. The van der Waals surface area contributed by atoms with Crippen molar-refractivity contribution in [3.8, 4) is 0 Å². The van der Waals surface area contributed by atoms with Gasteiger partial charge in [0.1, 0.15) is 6.04 Å². The van der Waals surface area contributed by atoms with Crippen molar-refractivity contribution >= 4 is 23.4 Å². The zero-order chi connectivity index (χ0) is 22.2. The van der Waals surface area contributed by atoms with E-state index in [1.165, 1.54) is 5.56 Å². The Bertz CT molecular complexity index is 847. The van der Waals surface area contributed by atoms with E-state index in [2.05, 4.69) is 27.7 Å². The van der Waals surface area contributed by atoms with E-state index in [0.717, 1.165) is 43.1 Å². The van der Waals surface area contributed by atoms with Crippen LogP contribution in [-0.4, -0.2) is 41.9 Å². The van der Waals surface area contributed by atoms with Crippen molar-refractivity contribution in [1.82, 2.24) is 15.5 Å². The summed E-state index contributed by atoms with van der Waals surface area (Å²) in [5.74, 6) is -0.199. The first-order valence-electron chi connectivity index (χ1n) is 11.0. The quantitative estimate of drug-likeness (QED) is 0.654. The smallest absolute Gasteiger partial charge is 0.243 e. The van der Waals surface area contributed by atoms with Gasteiger partial charge >= 0.3 is 0 Å². The number of piperidine rings is 1. The van der Waals surface area contributed by atoms with Gasteiger partial charge in [-0.2, -0.15) is 0 Å². The van der Waals surface area contributed by atoms with E-state index in [0.29, 0.717) is 0 Å². The third kappa shape index (κ3) is 7.37. The number of hydrogen-bond acceptors (Lipinski definition) is 3. The molecule has 5 nitrogen and oxygen atoms in total. The third-order valence-corrected chi connectivity index (χ3v) is 5.98. The zero-order valence-electron chi connectivity index (χ0n) is 18.3. The summed E-state index contributed by atoms with van der Waals surface area (Å²) in [6.07, 6.45) is 2.09. The summed E-state index contributed by atoms with van der Waals surface area (Å²) < 4.78 is 0. The Hall–Kier alpha value is -2.37. The van der Waals surface area contributed by atoms with Crippen molar-refractivity contribution in [2.75, 3.05) is 13.1 Å².